The van der Waals surface area contributed by atoms with Gasteiger partial charge in [0.05, 0.1) is 11.3 Å². The number of amides is 2. The van der Waals surface area contributed by atoms with Gasteiger partial charge in [-0.3, -0.25) is 14.5 Å². The number of carboxylic acid groups (broad SMARTS) is 1. The average molecular weight is 548 g/mol. The van der Waals surface area contributed by atoms with Crippen LogP contribution in [0.4, 0.5) is 29.3 Å². The monoisotopic (exact) mass is 547 g/mol. The maximum atomic E-state index is 16.3. The normalized spacial score (nSPS) is 20.5. The van der Waals surface area contributed by atoms with Crippen molar-refractivity contribution in [2.45, 2.75) is 45.2 Å². The maximum Gasteiger partial charge on any atom is 0.407 e. The molecule has 0 saturated carbocycles. The quantitative estimate of drug-likeness (QED) is 0.513. The van der Waals surface area contributed by atoms with E-state index in [0.29, 0.717) is 36.8 Å². The van der Waals surface area contributed by atoms with E-state index in [4.69, 9.17) is 0 Å². The Balaban J connectivity index is 1.76. The minimum Gasteiger partial charge on any atom is -0.465 e. The predicted octanol–water partition coefficient (Wildman–Crippen LogP) is 4.39. The predicted molar refractivity (Wildman–Crippen MR) is 142 cm³/mol. The lowest BCUT2D eigenvalue weighted by Crippen LogP contribution is -2.55. The van der Waals surface area contributed by atoms with Gasteiger partial charge in [-0.05, 0) is 51.4 Å². The van der Waals surface area contributed by atoms with Crippen LogP contribution in [0.15, 0.2) is 35.3 Å². The van der Waals surface area contributed by atoms with Crippen molar-refractivity contribution in [2.24, 2.45) is 0 Å². The second-order valence-corrected chi connectivity index (χ2v) is 10.0. The molecule has 0 aliphatic carbocycles. The van der Waals surface area contributed by atoms with Gasteiger partial charge < -0.3 is 25.2 Å². The summed E-state index contributed by atoms with van der Waals surface area (Å²) in [6, 6.07) is 4.20. The van der Waals surface area contributed by atoms with Crippen molar-refractivity contribution < 1.29 is 27.9 Å². The zero-order valence-corrected chi connectivity index (χ0v) is 22.0. The molecule has 1 fully saturated rings. The number of hydrogen-bond donors (Lipinski definition) is 3. The largest absolute Gasteiger partial charge is 0.465 e. The average Bonchev–Trinajstić information content (AvgIpc) is 3.14. The van der Waals surface area contributed by atoms with Crippen LogP contribution >= 0.6 is 0 Å². The van der Waals surface area contributed by atoms with Gasteiger partial charge in [-0.25, -0.2) is 18.0 Å². The number of rotatable bonds is 5. The molecule has 0 unspecified atom stereocenters. The fraction of sp³-hybridized carbons (Fsp3) is 0.444. The highest BCUT2D eigenvalue weighted by Gasteiger charge is 2.31. The molecular formula is C27H32F3N5O4. The lowest BCUT2D eigenvalue weighted by Gasteiger charge is -2.44. The SMILES string of the molecule is C[C@@H]1CN(c2ccc(C3=CCCN(C(=O)O)CC3)c(F)c2NC(=O)c2c[nH]c(=O)cc2C(F)F)C[C@H](C)N1C. The number of carbonyl (C=O) groups excluding carboxylic acids is 1. The summed E-state index contributed by atoms with van der Waals surface area (Å²) in [5.41, 5.74) is -0.966. The molecule has 39 heavy (non-hydrogen) atoms. The third kappa shape index (κ3) is 5.95. The van der Waals surface area contributed by atoms with Crippen LogP contribution in [-0.4, -0.2) is 77.2 Å². The molecule has 1 aromatic carbocycles. The van der Waals surface area contributed by atoms with E-state index in [2.05, 4.69) is 15.2 Å². The summed E-state index contributed by atoms with van der Waals surface area (Å²) in [5, 5.41) is 11.9. The second kappa shape index (κ2) is 11.5. The fourth-order valence-corrected chi connectivity index (χ4v) is 5.14. The van der Waals surface area contributed by atoms with Crippen molar-refractivity contribution >= 4 is 28.9 Å². The molecule has 2 amide bonds. The molecule has 210 valence electrons. The number of piperazine rings is 1. The van der Waals surface area contributed by atoms with E-state index < -0.39 is 40.9 Å². The van der Waals surface area contributed by atoms with Crippen molar-refractivity contribution in [2.75, 3.05) is 43.4 Å². The fourth-order valence-electron chi connectivity index (χ4n) is 5.14. The van der Waals surface area contributed by atoms with Gasteiger partial charge >= 0.3 is 6.09 Å². The Morgan fingerprint density at radius 1 is 1.15 bits per heavy atom. The number of nitrogens with one attached hydrogen (secondary N) is 2. The number of likely N-dealkylation sites (N-methyl/N-ethyl adjacent to an activating group) is 1. The van der Waals surface area contributed by atoms with Crippen LogP contribution in [0.1, 0.15) is 54.6 Å². The number of carbonyl (C=O) groups is 2. The van der Waals surface area contributed by atoms with Crippen molar-refractivity contribution in [1.29, 1.82) is 0 Å². The van der Waals surface area contributed by atoms with Crippen LogP contribution in [0.25, 0.3) is 5.57 Å². The molecule has 0 radical (unpaired) electrons. The lowest BCUT2D eigenvalue weighted by atomic mass is 9.98. The smallest absolute Gasteiger partial charge is 0.407 e. The van der Waals surface area contributed by atoms with Crippen LogP contribution in [0.3, 0.4) is 0 Å². The third-order valence-electron chi connectivity index (χ3n) is 7.55. The molecule has 3 heterocycles. The standard InChI is InChI=1S/C27H32F3N5O4/c1-15-13-35(14-16(2)33(15)3)21-7-6-18(17-5-4-9-34(10-8-17)27(38)39)23(28)24(21)32-26(37)20-12-31-22(36)11-19(20)25(29)30/h5-7,11-12,15-16,25H,4,8-10,13-14H2,1-3H3,(H,31,36)(H,32,37)(H,38,39)/t15-,16+. The first-order chi connectivity index (χ1) is 18.5. The Labute approximate surface area is 223 Å². The maximum absolute atomic E-state index is 16.3. The number of aromatic nitrogens is 1. The number of hydrogen-bond acceptors (Lipinski definition) is 5. The summed E-state index contributed by atoms with van der Waals surface area (Å²) in [6.07, 6.45) is -0.793. The van der Waals surface area contributed by atoms with Crippen LogP contribution in [0.2, 0.25) is 0 Å². The number of nitrogens with zero attached hydrogens (tertiary/aromatic N) is 3. The number of alkyl halides is 2. The summed E-state index contributed by atoms with van der Waals surface area (Å²) in [4.78, 5) is 43.9. The van der Waals surface area contributed by atoms with Gasteiger partial charge in [-0.1, -0.05) is 6.08 Å². The molecule has 3 N–H and O–H groups in total. The zero-order valence-electron chi connectivity index (χ0n) is 22.0. The van der Waals surface area contributed by atoms with E-state index in [1.807, 2.05) is 25.8 Å². The van der Waals surface area contributed by atoms with E-state index in [9.17, 15) is 28.3 Å². The van der Waals surface area contributed by atoms with Crippen LogP contribution < -0.4 is 15.8 Å². The second-order valence-electron chi connectivity index (χ2n) is 10.0. The number of halogens is 3. The number of H-pyrrole nitrogens is 1. The number of pyridine rings is 1. The van der Waals surface area contributed by atoms with Gasteiger partial charge in [0, 0.05) is 61.7 Å². The first-order valence-electron chi connectivity index (χ1n) is 12.8. The first-order valence-corrected chi connectivity index (χ1v) is 12.8. The molecule has 9 nitrogen and oxygen atoms in total. The van der Waals surface area contributed by atoms with E-state index >= 15 is 4.39 Å². The van der Waals surface area contributed by atoms with Gasteiger partial charge in [0.1, 0.15) is 5.69 Å². The molecule has 1 saturated heterocycles. The summed E-state index contributed by atoms with van der Waals surface area (Å²) in [5.74, 6) is -1.72. The summed E-state index contributed by atoms with van der Waals surface area (Å²) < 4.78 is 43.6. The lowest BCUT2D eigenvalue weighted by molar-refractivity contribution is 0.101. The first kappa shape index (κ1) is 28.2. The molecule has 12 heteroatoms. The van der Waals surface area contributed by atoms with Crippen molar-refractivity contribution in [3.05, 3.63) is 63.3 Å². The van der Waals surface area contributed by atoms with E-state index in [0.717, 1.165) is 6.20 Å². The number of benzene rings is 1. The number of anilines is 2. The van der Waals surface area contributed by atoms with E-state index in [1.54, 1.807) is 18.2 Å². The van der Waals surface area contributed by atoms with Crippen LogP contribution in [0.5, 0.6) is 0 Å². The molecule has 2 aromatic rings. The minimum atomic E-state index is -3.09. The molecule has 4 rings (SSSR count). The highest BCUT2D eigenvalue weighted by Crippen LogP contribution is 2.37. The van der Waals surface area contributed by atoms with Crippen LogP contribution in [0, 0.1) is 5.82 Å². The Morgan fingerprint density at radius 3 is 2.49 bits per heavy atom. The Morgan fingerprint density at radius 2 is 1.85 bits per heavy atom. The van der Waals surface area contributed by atoms with Gasteiger partial charge in [-0.2, -0.15) is 0 Å². The summed E-state index contributed by atoms with van der Waals surface area (Å²) in [7, 11) is 2.00. The summed E-state index contributed by atoms with van der Waals surface area (Å²) in [6.45, 7) is 5.62. The number of aromatic amines is 1. The van der Waals surface area contributed by atoms with Crippen LogP contribution in [-0.2, 0) is 0 Å². The topological polar surface area (TPSA) is 109 Å². The molecule has 0 bridgehead atoms. The minimum absolute atomic E-state index is 0.122. The Kier molecular flexibility index (Phi) is 8.34. The Bertz CT molecular complexity index is 1330. The third-order valence-corrected chi connectivity index (χ3v) is 7.55. The highest BCUT2D eigenvalue weighted by atomic mass is 19.3. The molecule has 2 aliphatic rings. The van der Waals surface area contributed by atoms with Gasteiger partial charge in [-0.15, -0.1) is 0 Å². The van der Waals surface area contributed by atoms with E-state index in [1.165, 1.54) is 4.90 Å². The Hall–Kier alpha value is -3.80. The molecule has 2 aliphatic heterocycles. The van der Waals surface area contributed by atoms with Gasteiger partial charge in [0.15, 0.2) is 5.82 Å². The van der Waals surface area contributed by atoms with Gasteiger partial charge in [0.25, 0.3) is 12.3 Å². The zero-order chi connectivity index (χ0) is 28.4. The van der Waals surface area contributed by atoms with Gasteiger partial charge in [0.2, 0.25) is 5.56 Å². The van der Waals surface area contributed by atoms with E-state index in [-0.39, 0.29) is 42.8 Å². The molecular weight excluding hydrogens is 515 g/mol. The van der Waals surface area contributed by atoms with Crippen molar-refractivity contribution in [1.82, 2.24) is 14.8 Å². The summed E-state index contributed by atoms with van der Waals surface area (Å²) >= 11 is 0. The van der Waals surface area contributed by atoms with Crippen molar-refractivity contribution in [3.63, 3.8) is 0 Å². The molecule has 2 atom stereocenters. The van der Waals surface area contributed by atoms with Crippen molar-refractivity contribution in [3.8, 4) is 0 Å². The highest BCUT2D eigenvalue weighted by molar-refractivity contribution is 6.07. The molecule has 1 aromatic heterocycles. The molecule has 0 spiro atoms.